The maximum Gasteiger partial charge on any atom is 0.175 e. The summed E-state index contributed by atoms with van der Waals surface area (Å²) in [5.41, 5.74) is 0. The second kappa shape index (κ2) is 5.89. The average molecular weight is 273 g/mol. The first-order valence-electron chi connectivity index (χ1n) is 5.48. The first-order valence-corrected chi connectivity index (χ1v) is 8.25. The van der Waals surface area contributed by atoms with Crippen LogP contribution in [0.4, 0.5) is 0 Å². The van der Waals surface area contributed by atoms with Gasteiger partial charge in [0.05, 0.1) is 4.90 Å². The first-order chi connectivity index (χ1) is 7.84. The van der Waals surface area contributed by atoms with Crippen molar-refractivity contribution in [1.82, 2.24) is 5.32 Å². The van der Waals surface area contributed by atoms with Crippen LogP contribution < -0.4 is 5.32 Å². The lowest BCUT2D eigenvalue weighted by atomic mass is 10.3. The minimum Gasteiger partial charge on any atom is -0.316 e. The Bertz CT molecular complexity index is 454. The summed E-state index contributed by atoms with van der Waals surface area (Å²) in [6.45, 7) is 4.28. The van der Waals surface area contributed by atoms with E-state index >= 15 is 0 Å². The molecule has 0 saturated carbocycles. The molecule has 0 saturated heterocycles. The molecule has 1 aromatic carbocycles. The Morgan fingerprint density at radius 1 is 1.18 bits per heavy atom. The lowest BCUT2D eigenvalue weighted by molar-refractivity contribution is 0.601. The zero-order chi connectivity index (χ0) is 13.1. The maximum absolute atomic E-state index is 11.3. The minimum atomic E-state index is -3.09. The van der Waals surface area contributed by atoms with Crippen LogP contribution in [-0.2, 0) is 9.84 Å². The average Bonchev–Trinajstić information content (AvgIpc) is 2.27. The Balaban J connectivity index is 2.76. The molecule has 5 heteroatoms. The molecular formula is C12H19NO2S2. The van der Waals surface area contributed by atoms with E-state index < -0.39 is 9.84 Å². The first kappa shape index (κ1) is 14.5. The van der Waals surface area contributed by atoms with Crippen molar-refractivity contribution in [2.75, 3.05) is 13.3 Å². The zero-order valence-electron chi connectivity index (χ0n) is 10.6. The van der Waals surface area contributed by atoms with E-state index in [2.05, 4.69) is 19.2 Å². The molecule has 96 valence electrons. The summed E-state index contributed by atoms with van der Waals surface area (Å²) < 4.78 is 22.6. The Morgan fingerprint density at radius 2 is 1.71 bits per heavy atom. The summed E-state index contributed by atoms with van der Waals surface area (Å²) in [7, 11) is -1.15. The van der Waals surface area contributed by atoms with Crippen LogP contribution >= 0.6 is 11.8 Å². The molecule has 0 radical (unpaired) electrons. The molecule has 0 spiro atoms. The molecule has 17 heavy (non-hydrogen) atoms. The van der Waals surface area contributed by atoms with Crippen molar-refractivity contribution >= 4 is 21.6 Å². The van der Waals surface area contributed by atoms with Crippen LogP contribution in [0.1, 0.15) is 13.8 Å². The molecule has 0 bridgehead atoms. The molecule has 1 N–H and O–H groups in total. The van der Waals surface area contributed by atoms with Crippen molar-refractivity contribution < 1.29 is 8.42 Å². The van der Waals surface area contributed by atoms with E-state index in [1.807, 2.05) is 19.2 Å². The predicted molar refractivity (Wildman–Crippen MR) is 73.4 cm³/mol. The summed E-state index contributed by atoms with van der Waals surface area (Å²) in [6.07, 6.45) is 1.22. The number of nitrogens with one attached hydrogen (secondary N) is 1. The molecule has 0 aliphatic carbocycles. The normalized spacial score (nSPS) is 15.5. The number of thioether (sulfide) groups is 1. The van der Waals surface area contributed by atoms with Gasteiger partial charge < -0.3 is 5.32 Å². The molecule has 2 unspecified atom stereocenters. The summed E-state index contributed by atoms with van der Waals surface area (Å²) in [5.74, 6) is 0. The quantitative estimate of drug-likeness (QED) is 0.835. The number of hydrogen-bond acceptors (Lipinski definition) is 4. The lowest BCUT2D eigenvalue weighted by Gasteiger charge is -2.18. The number of benzene rings is 1. The Kier molecular flexibility index (Phi) is 5.04. The SMILES string of the molecule is CNC(C)C(C)Sc1ccc(S(C)(=O)=O)cc1. The highest BCUT2D eigenvalue weighted by atomic mass is 32.2. The van der Waals surface area contributed by atoms with E-state index in [0.717, 1.165) is 4.90 Å². The summed E-state index contributed by atoms with van der Waals surface area (Å²) in [6, 6.07) is 7.46. The second-order valence-corrected chi connectivity index (χ2v) is 7.61. The van der Waals surface area contributed by atoms with E-state index in [0.29, 0.717) is 16.2 Å². The summed E-state index contributed by atoms with van der Waals surface area (Å²) >= 11 is 1.74. The largest absolute Gasteiger partial charge is 0.316 e. The van der Waals surface area contributed by atoms with Crippen LogP contribution in [0.3, 0.4) is 0 Å². The van der Waals surface area contributed by atoms with Crippen LogP contribution in [0.15, 0.2) is 34.1 Å². The molecule has 2 atom stereocenters. The number of sulfone groups is 1. The van der Waals surface area contributed by atoms with E-state index in [4.69, 9.17) is 0 Å². The van der Waals surface area contributed by atoms with Crippen molar-refractivity contribution in [2.45, 2.75) is 34.9 Å². The van der Waals surface area contributed by atoms with Gasteiger partial charge in [0.2, 0.25) is 0 Å². The Labute approximate surface area is 108 Å². The minimum absolute atomic E-state index is 0.371. The Morgan fingerprint density at radius 3 is 2.12 bits per heavy atom. The third kappa shape index (κ3) is 4.33. The molecule has 0 aromatic heterocycles. The van der Waals surface area contributed by atoms with Gasteiger partial charge in [-0.25, -0.2) is 8.42 Å². The standard InChI is InChI=1S/C12H19NO2S2/c1-9(13-3)10(2)16-11-5-7-12(8-6-11)17(4,14)15/h5-10,13H,1-4H3. The van der Waals surface area contributed by atoms with Gasteiger partial charge in [-0.15, -0.1) is 11.8 Å². The molecule has 1 rings (SSSR count). The topological polar surface area (TPSA) is 46.2 Å². The lowest BCUT2D eigenvalue weighted by Crippen LogP contribution is -2.30. The molecule has 0 aliphatic rings. The Hall–Kier alpha value is -0.520. The van der Waals surface area contributed by atoms with E-state index in [9.17, 15) is 8.42 Å². The fraction of sp³-hybridized carbons (Fsp3) is 0.500. The molecule has 0 heterocycles. The molecule has 0 aliphatic heterocycles. The van der Waals surface area contributed by atoms with Crippen molar-refractivity contribution in [1.29, 1.82) is 0 Å². The molecule has 1 aromatic rings. The van der Waals surface area contributed by atoms with Crippen LogP contribution in [-0.4, -0.2) is 33.0 Å². The smallest absolute Gasteiger partial charge is 0.175 e. The highest BCUT2D eigenvalue weighted by Crippen LogP contribution is 2.26. The molecule has 0 fully saturated rings. The second-order valence-electron chi connectivity index (χ2n) is 4.14. The highest BCUT2D eigenvalue weighted by Gasteiger charge is 2.12. The van der Waals surface area contributed by atoms with Gasteiger partial charge in [0.25, 0.3) is 0 Å². The maximum atomic E-state index is 11.3. The van der Waals surface area contributed by atoms with Gasteiger partial charge in [-0.1, -0.05) is 6.92 Å². The number of hydrogen-bond donors (Lipinski definition) is 1. The number of rotatable bonds is 5. The van der Waals surface area contributed by atoms with Gasteiger partial charge in [-0.2, -0.15) is 0 Å². The van der Waals surface area contributed by atoms with Gasteiger partial charge >= 0.3 is 0 Å². The van der Waals surface area contributed by atoms with Gasteiger partial charge in [-0.3, -0.25) is 0 Å². The predicted octanol–water partition coefficient (Wildman–Crippen LogP) is 2.18. The third-order valence-electron chi connectivity index (χ3n) is 2.73. The van der Waals surface area contributed by atoms with Crippen molar-refractivity contribution in [3.05, 3.63) is 24.3 Å². The zero-order valence-corrected chi connectivity index (χ0v) is 12.2. The van der Waals surface area contributed by atoms with Gasteiger partial charge in [0.1, 0.15) is 0 Å². The van der Waals surface area contributed by atoms with Crippen molar-refractivity contribution in [3.8, 4) is 0 Å². The fourth-order valence-electron chi connectivity index (χ4n) is 1.32. The third-order valence-corrected chi connectivity index (χ3v) is 5.19. The van der Waals surface area contributed by atoms with E-state index in [-0.39, 0.29) is 0 Å². The van der Waals surface area contributed by atoms with E-state index in [1.165, 1.54) is 6.26 Å². The van der Waals surface area contributed by atoms with Crippen molar-refractivity contribution in [2.24, 2.45) is 0 Å². The van der Waals surface area contributed by atoms with E-state index in [1.54, 1.807) is 23.9 Å². The molecule has 3 nitrogen and oxygen atoms in total. The molecular weight excluding hydrogens is 254 g/mol. The monoisotopic (exact) mass is 273 g/mol. The van der Waals surface area contributed by atoms with Gasteiger partial charge in [0, 0.05) is 22.4 Å². The van der Waals surface area contributed by atoms with Gasteiger partial charge in [-0.05, 0) is 38.2 Å². The van der Waals surface area contributed by atoms with Crippen LogP contribution in [0.2, 0.25) is 0 Å². The van der Waals surface area contributed by atoms with Crippen LogP contribution in [0, 0.1) is 0 Å². The fourth-order valence-corrected chi connectivity index (χ4v) is 3.01. The summed E-state index contributed by atoms with van der Waals surface area (Å²) in [5, 5.41) is 3.64. The van der Waals surface area contributed by atoms with Crippen molar-refractivity contribution in [3.63, 3.8) is 0 Å². The van der Waals surface area contributed by atoms with Gasteiger partial charge in [0.15, 0.2) is 9.84 Å². The molecule has 0 amide bonds. The van der Waals surface area contributed by atoms with Crippen LogP contribution in [0.5, 0.6) is 0 Å². The van der Waals surface area contributed by atoms with Crippen LogP contribution in [0.25, 0.3) is 0 Å². The highest BCUT2D eigenvalue weighted by molar-refractivity contribution is 8.00. The summed E-state index contributed by atoms with van der Waals surface area (Å²) in [4.78, 5) is 1.46.